The van der Waals surface area contributed by atoms with Crippen LogP contribution in [0.25, 0.3) is 21.0 Å². The summed E-state index contributed by atoms with van der Waals surface area (Å²) in [5.41, 5.74) is 5.80. The molecule has 210 valence electrons. The average Bonchev–Trinajstić information content (AvgIpc) is 3.57. The molecule has 5 rings (SSSR count). The molecule has 9 heteroatoms. The van der Waals surface area contributed by atoms with E-state index in [4.69, 9.17) is 9.72 Å². The van der Waals surface area contributed by atoms with Crippen molar-refractivity contribution in [2.75, 3.05) is 38.5 Å². The van der Waals surface area contributed by atoms with Crippen LogP contribution in [0.3, 0.4) is 0 Å². The van der Waals surface area contributed by atoms with Gasteiger partial charge in [-0.3, -0.25) is 4.90 Å². The third-order valence-electron chi connectivity index (χ3n) is 7.44. The van der Waals surface area contributed by atoms with Crippen molar-refractivity contribution in [1.29, 1.82) is 0 Å². The number of hydrogen-bond donors (Lipinski definition) is 2. The van der Waals surface area contributed by atoms with Crippen molar-refractivity contribution in [3.05, 3.63) is 59.3 Å². The summed E-state index contributed by atoms with van der Waals surface area (Å²) in [5.74, 6) is 1.09. The summed E-state index contributed by atoms with van der Waals surface area (Å²) in [6.07, 6.45) is 5.75. The molecule has 0 saturated carbocycles. The summed E-state index contributed by atoms with van der Waals surface area (Å²) in [6.45, 7) is 10.5. The minimum atomic E-state index is -3.37. The number of benzene rings is 2. The first-order chi connectivity index (χ1) is 18.8. The smallest absolute Gasteiger partial charge is 0.213 e. The highest BCUT2D eigenvalue weighted by Crippen LogP contribution is 2.41. The van der Waals surface area contributed by atoms with Gasteiger partial charge < -0.3 is 10.1 Å². The van der Waals surface area contributed by atoms with E-state index in [1.165, 1.54) is 11.1 Å². The van der Waals surface area contributed by atoms with Crippen molar-refractivity contribution in [2.45, 2.75) is 58.6 Å². The van der Waals surface area contributed by atoms with Crippen molar-refractivity contribution < 1.29 is 13.2 Å². The maximum Gasteiger partial charge on any atom is 0.213 e. The summed E-state index contributed by atoms with van der Waals surface area (Å²) in [4.78, 5) is 8.12. The lowest BCUT2D eigenvalue weighted by atomic mass is 10.0. The van der Waals surface area contributed by atoms with Crippen LogP contribution in [0, 0.1) is 0 Å². The van der Waals surface area contributed by atoms with Crippen LogP contribution in [-0.2, 0) is 22.9 Å². The first-order valence-corrected chi connectivity index (χ1v) is 16.6. The van der Waals surface area contributed by atoms with Gasteiger partial charge in [-0.1, -0.05) is 31.5 Å². The van der Waals surface area contributed by atoms with E-state index < -0.39 is 10.0 Å². The van der Waals surface area contributed by atoms with Gasteiger partial charge in [-0.25, -0.2) is 18.1 Å². The third-order valence-corrected chi connectivity index (χ3v) is 9.88. The van der Waals surface area contributed by atoms with E-state index in [9.17, 15) is 8.42 Å². The maximum absolute atomic E-state index is 12.9. The minimum absolute atomic E-state index is 0.137. The maximum atomic E-state index is 12.9. The van der Waals surface area contributed by atoms with E-state index in [1.807, 2.05) is 12.3 Å². The molecule has 2 aliphatic rings. The van der Waals surface area contributed by atoms with Gasteiger partial charge in [0.1, 0.15) is 10.8 Å². The molecule has 1 saturated heterocycles. The second-order valence-corrected chi connectivity index (χ2v) is 13.7. The second kappa shape index (κ2) is 12.5. The third kappa shape index (κ3) is 6.89. The van der Waals surface area contributed by atoms with Crippen LogP contribution in [0.4, 0.5) is 0 Å². The molecule has 1 aromatic heterocycles. The van der Waals surface area contributed by atoms with Crippen LogP contribution in [0.2, 0.25) is 0 Å². The summed E-state index contributed by atoms with van der Waals surface area (Å²) in [7, 11) is -3.37. The molecular weight excluding hydrogens is 528 g/mol. The number of rotatable bonds is 11. The molecule has 0 amide bonds. The number of hydrogen-bond acceptors (Lipinski definition) is 7. The molecule has 0 spiro atoms. The molecule has 1 aliphatic heterocycles. The number of aryl methyl sites for hydroxylation is 1. The van der Waals surface area contributed by atoms with E-state index in [-0.39, 0.29) is 17.9 Å². The SMILES string of the molecule is CCCc1cc(-c2ncc(-c3cccc4c3CCC4NS(=O)(=O)CCN3CCNCC3)s2)ccc1OC(C)C. The van der Waals surface area contributed by atoms with Crippen molar-refractivity contribution >= 4 is 21.4 Å². The van der Waals surface area contributed by atoms with Crippen LogP contribution in [-0.4, -0.2) is 62.9 Å². The highest BCUT2D eigenvalue weighted by molar-refractivity contribution is 7.89. The van der Waals surface area contributed by atoms with Gasteiger partial charge in [-0.15, -0.1) is 11.3 Å². The zero-order valence-corrected chi connectivity index (χ0v) is 24.8. The Labute approximate surface area is 237 Å². The Morgan fingerprint density at radius 3 is 2.79 bits per heavy atom. The Balaban J connectivity index is 1.32. The number of fused-ring (bicyclic) bond motifs is 1. The first-order valence-electron chi connectivity index (χ1n) is 14.1. The summed E-state index contributed by atoms with van der Waals surface area (Å²) in [6, 6.07) is 12.5. The number of nitrogens with zero attached hydrogens (tertiary/aromatic N) is 2. The monoisotopic (exact) mass is 568 g/mol. The first kappa shape index (κ1) is 28.2. The molecule has 2 aromatic carbocycles. The van der Waals surface area contributed by atoms with Gasteiger partial charge in [0.25, 0.3) is 0 Å². The van der Waals surface area contributed by atoms with Crippen LogP contribution in [0.5, 0.6) is 5.75 Å². The van der Waals surface area contributed by atoms with Crippen molar-refractivity contribution in [3.8, 4) is 26.8 Å². The van der Waals surface area contributed by atoms with E-state index in [1.54, 1.807) is 11.3 Å². The Morgan fingerprint density at radius 1 is 1.21 bits per heavy atom. The fourth-order valence-electron chi connectivity index (χ4n) is 5.55. The Hall–Kier alpha value is -2.30. The van der Waals surface area contributed by atoms with E-state index in [0.717, 1.165) is 84.2 Å². The van der Waals surface area contributed by atoms with Crippen LogP contribution in [0.15, 0.2) is 42.6 Å². The Kier molecular flexibility index (Phi) is 9.03. The topological polar surface area (TPSA) is 83.6 Å². The molecule has 0 bridgehead atoms. The zero-order chi connectivity index (χ0) is 27.4. The van der Waals surface area contributed by atoms with E-state index in [0.29, 0.717) is 6.54 Å². The molecule has 2 N–H and O–H groups in total. The number of aromatic nitrogens is 1. The van der Waals surface area contributed by atoms with Crippen LogP contribution >= 0.6 is 11.3 Å². The molecule has 39 heavy (non-hydrogen) atoms. The average molecular weight is 569 g/mol. The summed E-state index contributed by atoms with van der Waals surface area (Å²) >= 11 is 1.69. The lowest BCUT2D eigenvalue weighted by Crippen LogP contribution is -2.46. The predicted octanol–water partition coefficient (Wildman–Crippen LogP) is 5.03. The quantitative estimate of drug-likeness (QED) is 0.338. The van der Waals surface area contributed by atoms with Crippen molar-refractivity contribution in [1.82, 2.24) is 19.9 Å². The number of ether oxygens (including phenoxy) is 1. The Bertz CT molecular complexity index is 1380. The fourth-order valence-corrected chi connectivity index (χ4v) is 7.81. The molecule has 1 fully saturated rings. The predicted molar refractivity (Wildman–Crippen MR) is 160 cm³/mol. The molecule has 2 heterocycles. The molecule has 1 aliphatic carbocycles. The van der Waals surface area contributed by atoms with Crippen molar-refractivity contribution in [3.63, 3.8) is 0 Å². The molecule has 0 radical (unpaired) electrons. The second-order valence-electron chi connectivity index (χ2n) is 10.8. The number of nitrogens with one attached hydrogen (secondary N) is 2. The molecule has 1 unspecified atom stereocenters. The highest BCUT2D eigenvalue weighted by atomic mass is 32.2. The highest BCUT2D eigenvalue weighted by Gasteiger charge is 2.29. The molecule has 3 aromatic rings. The fraction of sp³-hybridized carbons (Fsp3) is 0.500. The van der Waals surface area contributed by atoms with Gasteiger partial charge in [-0.2, -0.15) is 0 Å². The zero-order valence-electron chi connectivity index (χ0n) is 23.2. The normalized spacial score (nSPS) is 18.0. The lowest BCUT2D eigenvalue weighted by Gasteiger charge is -2.27. The summed E-state index contributed by atoms with van der Waals surface area (Å²) in [5, 5.41) is 4.30. The van der Waals surface area contributed by atoms with Crippen LogP contribution in [0.1, 0.15) is 56.3 Å². The van der Waals surface area contributed by atoms with E-state index >= 15 is 0 Å². The largest absolute Gasteiger partial charge is 0.491 e. The van der Waals surface area contributed by atoms with Gasteiger partial charge in [0.05, 0.1) is 16.7 Å². The Morgan fingerprint density at radius 2 is 2.03 bits per heavy atom. The van der Waals surface area contributed by atoms with Crippen LogP contribution < -0.4 is 14.8 Å². The minimum Gasteiger partial charge on any atom is -0.491 e. The molecule has 1 atom stereocenters. The van der Waals surface area contributed by atoms with E-state index in [2.05, 4.69) is 66.0 Å². The van der Waals surface area contributed by atoms with Gasteiger partial charge in [0.15, 0.2) is 0 Å². The van der Waals surface area contributed by atoms with Gasteiger partial charge in [0.2, 0.25) is 10.0 Å². The lowest BCUT2D eigenvalue weighted by molar-refractivity contribution is 0.240. The standard InChI is InChI=1S/C30H40N4O3S2/c1-4-6-22-19-23(9-12-28(22)37-21(2)3)30-32-20-29(38-30)26-8-5-7-25-24(26)10-11-27(25)33-39(35,36)18-17-34-15-13-31-14-16-34/h5,7-9,12,19-21,27,31,33H,4,6,10-11,13-18H2,1-3H3. The van der Waals surface area contributed by atoms with Gasteiger partial charge in [0, 0.05) is 50.5 Å². The summed E-state index contributed by atoms with van der Waals surface area (Å²) < 4.78 is 34.9. The van der Waals surface area contributed by atoms with Crippen molar-refractivity contribution in [2.24, 2.45) is 0 Å². The van der Waals surface area contributed by atoms with Gasteiger partial charge >= 0.3 is 0 Å². The number of thiazole rings is 1. The van der Waals surface area contributed by atoms with Gasteiger partial charge in [-0.05, 0) is 73.6 Å². The molecule has 7 nitrogen and oxygen atoms in total. The number of piperazine rings is 1. The molecular formula is C30H40N4O3S2. The number of sulfonamides is 1.